The molecule has 0 aromatic heterocycles. The summed E-state index contributed by atoms with van der Waals surface area (Å²) in [6.45, 7) is 4.09. The van der Waals surface area contributed by atoms with Gasteiger partial charge in [0.1, 0.15) is 11.4 Å². The molecule has 0 amide bonds. The summed E-state index contributed by atoms with van der Waals surface area (Å²) in [5, 5.41) is 0.711. The molecular formula is C11H14ClNO. The number of rotatable bonds is 0. The highest BCUT2D eigenvalue weighted by Crippen LogP contribution is 2.39. The van der Waals surface area contributed by atoms with E-state index < -0.39 is 0 Å². The van der Waals surface area contributed by atoms with Crippen molar-refractivity contribution in [2.75, 3.05) is 0 Å². The molecule has 0 fully saturated rings. The maximum Gasteiger partial charge on any atom is 0.124 e. The molecule has 0 unspecified atom stereocenters. The molecule has 0 radical (unpaired) electrons. The molecule has 1 aliphatic heterocycles. The van der Waals surface area contributed by atoms with E-state index in [0.717, 1.165) is 17.7 Å². The van der Waals surface area contributed by atoms with E-state index in [9.17, 15) is 0 Å². The van der Waals surface area contributed by atoms with Gasteiger partial charge in [0.25, 0.3) is 0 Å². The molecule has 1 aliphatic rings. The SMILES string of the molecule is CC1(C)C[C@@H](N)c2cc(Cl)ccc2O1. The molecule has 1 aromatic rings. The largest absolute Gasteiger partial charge is 0.487 e. The van der Waals surface area contributed by atoms with Gasteiger partial charge in [-0.25, -0.2) is 0 Å². The zero-order chi connectivity index (χ0) is 10.3. The molecule has 1 atom stereocenters. The van der Waals surface area contributed by atoms with Crippen LogP contribution in [-0.2, 0) is 0 Å². The van der Waals surface area contributed by atoms with Gasteiger partial charge in [0.05, 0.1) is 0 Å². The van der Waals surface area contributed by atoms with E-state index in [4.69, 9.17) is 22.1 Å². The minimum Gasteiger partial charge on any atom is -0.487 e. The van der Waals surface area contributed by atoms with E-state index >= 15 is 0 Å². The van der Waals surface area contributed by atoms with Crippen molar-refractivity contribution in [1.82, 2.24) is 0 Å². The van der Waals surface area contributed by atoms with E-state index in [1.165, 1.54) is 0 Å². The van der Waals surface area contributed by atoms with Crippen molar-refractivity contribution in [2.45, 2.75) is 31.9 Å². The van der Waals surface area contributed by atoms with Crippen molar-refractivity contribution < 1.29 is 4.74 Å². The fourth-order valence-corrected chi connectivity index (χ4v) is 2.06. The van der Waals surface area contributed by atoms with Gasteiger partial charge >= 0.3 is 0 Å². The van der Waals surface area contributed by atoms with Gasteiger partial charge < -0.3 is 10.5 Å². The maximum atomic E-state index is 6.05. The number of hydrogen-bond acceptors (Lipinski definition) is 2. The first-order valence-electron chi connectivity index (χ1n) is 4.72. The van der Waals surface area contributed by atoms with Crippen molar-refractivity contribution in [3.05, 3.63) is 28.8 Å². The van der Waals surface area contributed by atoms with Crippen LogP contribution in [0.5, 0.6) is 5.75 Å². The Kier molecular flexibility index (Phi) is 2.20. The third-order valence-corrected chi connectivity index (χ3v) is 2.70. The fraction of sp³-hybridized carbons (Fsp3) is 0.455. The number of halogens is 1. The van der Waals surface area contributed by atoms with Crippen LogP contribution in [0.15, 0.2) is 18.2 Å². The monoisotopic (exact) mass is 211 g/mol. The Morgan fingerprint density at radius 3 is 2.93 bits per heavy atom. The highest BCUT2D eigenvalue weighted by molar-refractivity contribution is 6.30. The highest BCUT2D eigenvalue weighted by Gasteiger charge is 2.31. The number of ether oxygens (including phenoxy) is 1. The molecule has 0 aliphatic carbocycles. The van der Waals surface area contributed by atoms with E-state index in [1.54, 1.807) is 0 Å². The summed E-state index contributed by atoms with van der Waals surface area (Å²) in [7, 11) is 0. The van der Waals surface area contributed by atoms with E-state index in [-0.39, 0.29) is 11.6 Å². The smallest absolute Gasteiger partial charge is 0.124 e. The standard InChI is InChI=1S/C11H14ClNO/c1-11(2)6-9(13)8-5-7(12)3-4-10(8)14-11/h3-5,9H,6,13H2,1-2H3/t9-/m1/s1. The van der Waals surface area contributed by atoms with Crippen molar-refractivity contribution >= 4 is 11.6 Å². The zero-order valence-electron chi connectivity index (χ0n) is 8.38. The molecule has 2 rings (SSSR count). The summed E-state index contributed by atoms with van der Waals surface area (Å²) >= 11 is 5.90. The lowest BCUT2D eigenvalue weighted by Gasteiger charge is -2.36. The molecule has 0 saturated carbocycles. The highest BCUT2D eigenvalue weighted by atomic mass is 35.5. The Labute approximate surface area is 89.0 Å². The molecule has 2 nitrogen and oxygen atoms in total. The molecule has 2 N–H and O–H groups in total. The van der Waals surface area contributed by atoms with Crippen molar-refractivity contribution in [3.8, 4) is 5.75 Å². The maximum absolute atomic E-state index is 6.05. The Morgan fingerprint density at radius 1 is 1.50 bits per heavy atom. The first-order valence-corrected chi connectivity index (χ1v) is 5.10. The van der Waals surface area contributed by atoms with Crippen LogP contribution in [-0.4, -0.2) is 5.60 Å². The van der Waals surface area contributed by atoms with E-state index in [1.807, 2.05) is 32.0 Å². The minimum absolute atomic E-state index is 0.0208. The van der Waals surface area contributed by atoms with Crippen molar-refractivity contribution in [3.63, 3.8) is 0 Å². The minimum atomic E-state index is -0.180. The van der Waals surface area contributed by atoms with Crippen molar-refractivity contribution in [1.29, 1.82) is 0 Å². The summed E-state index contributed by atoms with van der Waals surface area (Å²) in [6.07, 6.45) is 0.820. The van der Waals surface area contributed by atoms with Gasteiger partial charge in [-0.05, 0) is 32.0 Å². The lowest BCUT2D eigenvalue weighted by Crippen LogP contribution is -2.37. The number of nitrogens with two attached hydrogens (primary N) is 1. The number of benzene rings is 1. The second kappa shape index (κ2) is 3.14. The molecule has 1 aromatic carbocycles. The normalized spacial score (nSPS) is 23.9. The van der Waals surface area contributed by atoms with Crippen LogP contribution in [0.25, 0.3) is 0 Å². The van der Waals surface area contributed by atoms with Gasteiger partial charge in [0.15, 0.2) is 0 Å². The van der Waals surface area contributed by atoms with Crippen molar-refractivity contribution in [2.24, 2.45) is 5.73 Å². The van der Waals surface area contributed by atoms with Crippen LogP contribution in [0.4, 0.5) is 0 Å². The predicted molar refractivity (Wildman–Crippen MR) is 57.7 cm³/mol. The number of hydrogen-bond donors (Lipinski definition) is 1. The van der Waals surface area contributed by atoms with Gasteiger partial charge in [-0.15, -0.1) is 0 Å². The Hall–Kier alpha value is -0.730. The van der Waals surface area contributed by atoms with Gasteiger partial charge in [-0.2, -0.15) is 0 Å². The number of fused-ring (bicyclic) bond motifs is 1. The second-order valence-electron chi connectivity index (χ2n) is 4.35. The third kappa shape index (κ3) is 1.72. The first-order chi connectivity index (χ1) is 6.48. The Balaban J connectivity index is 2.45. The topological polar surface area (TPSA) is 35.2 Å². The van der Waals surface area contributed by atoms with Crippen LogP contribution in [0.1, 0.15) is 31.9 Å². The molecule has 0 spiro atoms. The van der Waals surface area contributed by atoms with E-state index in [0.29, 0.717) is 5.02 Å². The van der Waals surface area contributed by atoms with Gasteiger partial charge in [0, 0.05) is 23.0 Å². The van der Waals surface area contributed by atoms with E-state index in [2.05, 4.69) is 0 Å². The second-order valence-corrected chi connectivity index (χ2v) is 4.79. The quantitative estimate of drug-likeness (QED) is 0.716. The van der Waals surface area contributed by atoms with Gasteiger partial charge in [-0.1, -0.05) is 11.6 Å². The summed E-state index contributed by atoms with van der Waals surface area (Å²) in [4.78, 5) is 0. The summed E-state index contributed by atoms with van der Waals surface area (Å²) in [5.74, 6) is 0.859. The van der Waals surface area contributed by atoms with Crippen LogP contribution >= 0.6 is 11.6 Å². The molecule has 14 heavy (non-hydrogen) atoms. The lowest BCUT2D eigenvalue weighted by molar-refractivity contribution is 0.0729. The third-order valence-electron chi connectivity index (χ3n) is 2.47. The molecule has 76 valence electrons. The van der Waals surface area contributed by atoms with Crippen LogP contribution in [0.3, 0.4) is 0 Å². The molecule has 1 heterocycles. The van der Waals surface area contributed by atoms with Gasteiger partial charge in [0.2, 0.25) is 0 Å². The lowest BCUT2D eigenvalue weighted by atomic mass is 9.90. The Morgan fingerprint density at radius 2 is 2.21 bits per heavy atom. The Bertz CT molecular complexity index is 362. The first kappa shape index (κ1) is 9.81. The summed E-state index contributed by atoms with van der Waals surface area (Å²) in [6, 6.07) is 5.62. The summed E-state index contributed by atoms with van der Waals surface area (Å²) < 4.78 is 5.81. The fourth-order valence-electron chi connectivity index (χ4n) is 1.88. The van der Waals surface area contributed by atoms with Crippen LogP contribution < -0.4 is 10.5 Å². The van der Waals surface area contributed by atoms with Crippen LogP contribution in [0.2, 0.25) is 5.02 Å². The molecule has 3 heteroatoms. The zero-order valence-corrected chi connectivity index (χ0v) is 9.14. The average Bonchev–Trinajstić information content (AvgIpc) is 2.05. The predicted octanol–water partition coefficient (Wildman–Crippen LogP) is 2.90. The van der Waals surface area contributed by atoms with Crippen LogP contribution in [0, 0.1) is 0 Å². The average molecular weight is 212 g/mol. The summed E-state index contributed by atoms with van der Waals surface area (Å²) in [5.41, 5.74) is 6.88. The molecule has 0 bridgehead atoms. The molecule has 0 saturated heterocycles. The van der Waals surface area contributed by atoms with Gasteiger partial charge in [-0.3, -0.25) is 0 Å². The molecular weight excluding hydrogens is 198 g/mol.